The summed E-state index contributed by atoms with van der Waals surface area (Å²) in [6, 6.07) is 15.8. The highest BCUT2D eigenvalue weighted by Gasteiger charge is 2.28. The Balaban J connectivity index is 1.54. The van der Waals surface area contributed by atoms with E-state index < -0.39 is 0 Å². The second kappa shape index (κ2) is 10.3. The number of amides is 2. The minimum atomic E-state index is -0.310. The van der Waals surface area contributed by atoms with E-state index in [-0.39, 0.29) is 23.9 Å². The first-order valence-electron chi connectivity index (χ1n) is 10.9. The van der Waals surface area contributed by atoms with Crippen LogP contribution in [0.15, 0.2) is 48.5 Å². The predicted octanol–water partition coefficient (Wildman–Crippen LogP) is 4.44. The summed E-state index contributed by atoms with van der Waals surface area (Å²) in [6.07, 6.45) is 4.14. The minimum Gasteiger partial charge on any atom is -0.368 e. The van der Waals surface area contributed by atoms with Gasteiger partial charge in [0.05, 0.1) is 6.04 Å². The molecule has 1 aliphatic rings. The van der Waals surface area contributed by atoms with Crippen molar-refractivity contribution in [3.63, 3.8) is 0 Å². The third kappa shape index (κ3) is 5.86. The number of hydrogen-bond acceptors (Lipinski definition) is 3. The zero-order valence-corrected chi connectivity index (χ0v) is 19.3. The summed E-state index contributed by atoms with van der Waals surface area (Å²) in [5, 5.41) is 0.639. The van der Waals surface area contributed by atoms with Crippen LogP contribution in [0, 0.1) is 0 Å². The van der Waals surface area contributed by atoms with E-state index in [1.165, 1.54) is 11.1 Å². The number of carbonyl (C=O) groups excluding carboxylic acids is 2. The maximum absolute atomic E-state index is 12.8. The van der Waals surface area contributed by atoms with Crippen LogP contribution in [0.2, 0.25) is 5.02 Å². The molecule has 0 aromatic heterocycles. The Hall–Kier alpha value is -2.37. The molecule has 0 heterocycles. The molecule has 0 aliphatic heterocycles. The van der Waals surface area contributed by atoms with Gasteiger partial charge in [0.2, 0.25) is 5.91 Å². The summed E-state index contributed by atoms with van der Waals surface area (Å²) >= 11 is 5.93. The van der Waals surface area contributed by atoms with Gasteiger partial charge in [-0.05, 0) is 81.0 Å². The second-order valence-corrected chi connectivity index (χ2v) is 9.10. The van der Waals surface area contributed by atoms with Crippen molar-refractivity contribution < 1.29 is 9.59 Å². The van der Waals surface area contributed by atoms with Gasteiger partial charge in [-0.3, -0.25) is 14.5 Å². The van der Waals surface area contributed by atoms with Gasteiger partial charge in [0.15, 0.2) is 0 Å². The van der Waals surface area contributed by atoms with Crippen molar-refractivity contribution in [2.75, 3.05) is 14.1 Å². The first kappa shape index (κ1) is 23.3. The van der Waals surface area contributed by atoms with E-state index in [2.05, 4.69) is 24.3 Å². The van der Waals surface area contributed by atoms with E-state index in [1.54, 1.807) is 24.3 Å². The Labute approximate surface area is 190 Å². The Morgan fingerprint density at radius 3 is 2.13 bits per heavy atom. The molecule has 0 spiro atoms. The molecular formula is C25H32ClN3O2. The third-order valence-corrected chi connectivity index (χ3v) is 6.86. The van der Waals surface area contributed by atoms with Crippen molar-refractivity contribution in [2.24, 2.45) is 5.73 Å². The van der Waals surface area contributed by atoms with Crippen LogP contribution < -0.4 is 5.73 Å². The van der Waals surface area contributed by atoms with Gasteiger partial charge in [0.1, 0.15) is 0 Å². The van der Waals surface area contributed by atoms with Gasteiger partial charge in [0, 0.05) is 30.2 Å². The summed E-state index contributed by atoms with van der Waals surface area (Å²) < 4.78 is 0. The highest BCUT2D eigenvalue weighted by atomic mass is 35.5. The van der Waals surface area contributed by atoms with Gasteiger partial charge in [-0.2, -0.15) is 0 Å². The van der Waals surface area contributed by atoms with Crippen molar-refractivity contribution >= 4 is 23.4 Å². The van der Waals surface area contributed by atoms with Crippen LogP contribution >= 0.6 is 11.6 Å². The fourth-order valence-corrected chi connectivity index (χ4v) is 4.42. The number of rotatable bonds is 7. The molecule has 2 N–H and O–H groups in total. The van der Waals surface area contributed by atoms with Gasteiger partial charge in [-0.1, -0.05) is 35.9 Å². The molecule has 1 saturated carbocycles. The summed E-state index contributed by atoms with van der Waals surface area (Å²) in [7, 11) is 3.81. The number of nitrogens with zero attached hydrogens (tertiary/aromatic N) is 2. The van der Waals surface area contributed by atoms with Crippen LogP contribution in [0.25, 0.3) is 0 Å². The summed E-state index contributed by atoms with van der Waals surface area (Å²) in [4.78, 5) is 28.0. The van der Waals surface area contributed by atoms with Crippen molar-refractivity contribution in [1.82, 2.24) is 9.80 Å². The summed E-state index contributed by atoms with van der Waals surface area (Å²) in [5.74, 6) is 0.265. The molecular weight excluding hydrogens is 410 g/mol. The van der Waals surface area contributed by atoms with Crippen molar-refractivity contribution in [1.29, 1.82) is 0 Å². The number of nitrogens with two attached hydrogens (primary N) is 1. The van der Waals surface area contributed by atoms with Gasteiger partial charge in [-0.25, -0.2) is 0 Å². The zero-order valence-electron chi connectivity index (χ0n) is 18.6. The average molecular weight is 442 g/mol. The molecule has 5 nitrogen and oxygen atoms in total. The monoisotopic (exact) mass is 441 g/mol. The number of likely N-dealkylation sites (N-methyl/N-ethyl adjacent to an activating group) is 1. The minimum absolute atomic E-state index is 0.0544. The van der Waals surface area contributed by atoms with Crippen LogP contribution in [0.3, 0.4) is 0 Å². The lowest BCUT2D eigenvalue weighted by Crippen LogP contribution is -2.39. The molecule has 0 bridgehead atoms. The fraction of sp³-hybridized carbons (Fsp3) is 0.440. The van der Waals surface area contributed by atoms with Crippen LogP contribution in [0.1, 0.15) is 60.0 Å². The SMILES string of the molecule is CC(C(N)=O)N(C)Cc1ccc([C@H]2CC[C@H](N(C)C(=O)c3ccc(Cl)cc3)CC2)cc1. The van der Waals surface area contributed by atoms with E-state index in [0.717, 1.165) is 25.7 Å². The van der Waals surface area contributed by atoms with Gasteiger partial charge >= 0.3 is 0 Å². The largest absolute Gasteiger partial charge is 0.368 e. The Kier molecular flexibility index (Phi) is 7.74. The predicted molar refractivity (Wildman–Crippen MR) is 125 cm³/mol. The Morgan fingerprint density at radius 1 is 1.00 bits per heavy atom. The lowest BCUT2D eigenvalue weighted by atomic mass is 9.81. The molecule has 166 valence electrons. The molecule has 3 rings (SSSR count). The molecule has 0 saturated heterocycles. The van der Waals surface area contributed by atoms with Crippen LogP contribution in [0.4, 0.5) is 0 Å². The summed E-state index contributed by atoms with van der Waals surface area (Å²) in [5.41, 5.74) is 8.59. The quantitative estimate of drug-likeness (QED) is 0.690. The van der Waals surface area contributed by atoms with E-state index in [1.807, 2.05) is 30.8 Å². The van der Waals surface area contributed by atoms with Crippen LogP contribution in [-0.2, 0) is 11.3 Å². The molecule has 2 aromatic carbocycles. The lowest BCUT2D eigenvalue weighted by Gasteiger charge is -2.35. The maximum atomic E-state index is 12.8. The molecule has 1 unspecified atom stereocenters. The van der Waals surface area contributed by atoms with Gasteiger partial charge < -0.3 is 10.6 Å². The first-order chi connectivity index (χ1) is 14.8. The molecule has 2 aromatic rings. The van der Waals surface area contributed by atoms with E-state index >= 15 is 0 Å². The van der Waals surface area contributed by atoms with E-state index in [4.69, 9.17) is 17.3 Å². The van der Waals surface area contributed by atoms with Crippen LogP contribution in [0.5, 0.6) is 0 Å². The van der Waals surface area contributed by atoms with E-state index in [0.29, 0.717) is 23.0 Å². The number of carbonyl (C=O) groups is 2. The molecule has 1 atom stereocenters. The molecule has 0 radical (unpaired) electrons. The van der Waals surface area contributed by atoms with Crippen LogP contribution in [-0.4, -0.2) is 47.8 Å². The maximum Gasteiger partial charge on any atom is 0.253 e. The first-order valence-corrected chi connectivity index (χ1v) is 11.2. The lowest BCUT2D eigenvalue weighted by molar-refractivity contribution is -0.122. The standard InChI is InChI=1S/C25H32ClN3O2/c1-17(24(27)30)28(2)16-18-4-6-19(7-5-18)20-10-14-23(15-11-20)29(3)25(31)21-8-12-22(26)13-9-21/h4-9,12-13,17,20,23H,10-11,14-16H2,1-3H3,(H2,27,30)/t17?,20-,23-. The topological polar surface area (TPSA) is 66.6 Å². The summed E-state index contributed by atoms with van der Waals surface area (Å²) in [6.45, 7) is 2.51. The number of halogens is 1. The van der Waals surface area contributed by atoms with E-state index in [9.17, 15) is 9.59 Å². The smallest absolute Gasteiger partial charge is 0.253 e. The Bertz CT molecular complexity index is 890. The van der Waals surface area contributed by atoms with Crippen molar-refractivity contribution in [2.45, 2.75) is 57.2 Å². The highest BCUT2D eigenvalue weighted by molar-refractivity contribution is 6.30. The molecule has 1 fully saturated rings. The van der Waals surface area contributed by atoms with Gasteiger partial charge in [0.25, 0.3) is 5.91 Å². The molecule has 31 heavy (non-hydrogen) atoms. The zero-order chi connectivity index (χ0) is 22.5. The number of hydrogen-bond donors (Lipinski definition) is 1. The number of benzene rings is 2. The molecule has 2 amide bonds. The highest BCUT2D eigenvalue weighted by Crippen LogP contribution is 2.35. The fourth-order valence-electron chi connectivity index (χ4n) is 4.30. The third-order valence-electron chi connectivity index (χ3n) is 6.61. The number of primary amides is 1. The van der Waals surface area contributed by atoms with Crippen molar-refractivity contribution in [3.8, 4) is 0 Å². The normalized spacial score (nSPS) is 19.8. The molecule has 6 heteroatoms. The Morgan fingerprint density at radius 2 is 1.58 bits per heavy atom. The molecule has 1 aliphatic carbocycles. The average Bonchev–Trinajstić information content (AvgIpc) is 2.78. The second-order valence-electron chi connectivity index (χ2n) is 8.66. The van der Waals surface area contributed by atoms with Crippen molar-refractivity contribution in [3.05, 3.63) is 70.2 Å². The van der Waals surface area contributed by atoms with Gasteiger partial charge in [-0.15, -0.1) is 0 Å².